The minimum atomic E-state index is -0.773. The third-order valence-corrected chi connectivity index (χ3v) is 7.01. The summed E-state index contributed by atoms with van der Waals surface area (Å²) in [6, 6.07) is 17.3. The van der Waals surface area contributed by atoms with Crippen molar-refractivity contribution in [1.82, 2.24) is 4.90 Å². The molecule has 0 saturated heterocycles. The van der Waals surface area contributed by atoms with Gasteiger partial charge in [-0.05, 0) is 67.3 Å². The fourth-order valence-electron chi connectivity index (χ4n) is 4.90. The van der Waals surface area contributed by atoms with E-state index in [2.05, 4.69) is 6.07 Å². The Morgan fingerprint density at radius 2 is 1.87 bits per heavy atom. The van der Waals surface area contributed by atoms with E-state index < -0.39 is 24.7 Å². The number of nitriles is 1. The third-order valence-electron chi connectivity index (χ3n) is 7.01. The van der Waals surface area contributed by atoms with Crippen molar-refractivity contribution in [1.29, 1.82) is 5.26 Å². The summed E-state index contributed by atoms with van der Waals surface area (Å²) in [4.78, 5) is 42.9. The Hall–Kier alpha value is -4.71. The Kier molecular flexibility index (Phi) is 7.03. The van der Waals surface area contributed by atoms with Gasteiger partial charge >= 0.3 is 12.0 Å². The molecule has 5 rings (SSSR count). The largest absolute Gasteiger partial charge is 0.463 e. The fraction of sp³-hybridized carbons (Fsp3) is 0.267. The van der Waals surface area contributed by atoms with E-state index in [0.717, 1.165) is 12.8 Å². The summed E-state index contributed by atoms with van der Waals surface area (Å²) >= 11 is 0. The highest BCUT2D eigenvalue weighted by molar-refractivity contribution is 6.07. The zero-order chi connectivity index (χ0) is 27.7. The summed E-state index contributed by atoms with van der Waals surface area (Å²) in [5, 5.41) is 9.30. The first-order valence-corrected chi connectivity index (χ1v) is 12.5. The van der Waals surface area contributed by atoms with E-state index in [9.17, 15) is 24.0 Å². The number of esters is 1. The molecule has 0 N–H and O–H groups in total. The molecule has 198 valence electrons. The van der Waals surface area contributed by atoms with Crippen LogP contribution in [-0.4, -0.2) is 29.8 Å². The molecule has 2 aliphatic rings. The van der Waals surface area contributed by atoms with Crippen molar-refractivity contribution < 1.29 is 27.9 Å². The van der Waals surface area contributed by atoms with Gasteiger partial charge in [0.1, 0.15) is 12.4 Å². The Morgan fingerprint density at radius 3 is 2.51 bits per heavy atom. The number of hydrogen-bond acceptors (Lipinski definition) is 6. The number of nitrogens with zero attached hydrogens (tertiary/aromatic N) is 3. The molecule has 1 saturated carbocycles. The van der Waals surface area contributed by atoms with E-state index >= 15 is 0 Å². The Labute approximate surface area is 224 Å². The predicted molar refractivity (Wildman–Crippen MR) is 139 cm³/mol. The first kappa shape index (κ1) is 25.9. The molecule has 8 nitrogen and oxygen atoms in total. The van der Waals surface area contributed by atoms with Crippen molar-refractivity contribution in [2.75, 3.05) is 12.0 Å². The van der Waals surface area contributed by atoms with Crippen molar-refractivity contribution in [3.63, 3.8) is 0 Å². The van der Waals surface area contributed by atoms with Crippen LogP contribution in [0.4, 0.5) is 14.9 Å². The molecule has 1 fully saturated rings. The van der Waals surface area contributed by atoms with Crippen LogP contribution in [0.2, 0.25) is 0 Å². The van der Waals surface area contributed by atoms with E-state index in [1.54, 1.807) is 61.5 Å². The number of anilines is 1. The maximum absolute atomic E-state index is 14.2. The molecule has 2 amide bonds. The van der Waals surface area contributed by atoms with E-state index in [4.69, 9.17) is 9.15 Å². The Morgan fingerprint density at radius 1 is 1.13 bits per heavy atom. The van der Waals surface area contributed by atoms with Gasteiger partial charge in [0.05, 0.1) is 37.0 Å². The van der Waals surface area contributed by atoms with Crippen molar-refractivity contribution in [2.45, 2.75) is 39.0 Å². The van der Waals surface area contributed by atoms with Gasteiger partial charge in [0.25, 0.3) is 0 Å². The van der Waals surface area contributed by atoms with Crippen LogP contribution in [0.15, 0.2) is 76.4 Å². The quantitative estimate of drug-likeness (QED) is 0.341. The molecule has 1 aliphatic heterocycles. The van der Waals surface area contributed by atoms with Gasteiger partial charge in [0, 0.05) is 17.2 Å². The SMILES string of the molecule is COC(=O)c1ccc(CN2C(=O)N(c3cccc(CF)c3)C(C)=C(C(=O)C3CC3)C2c2ccc(C#N)cc2)o1. The molecule has 2 heterocycles. The molecule has 1 aromatic heterocycles. The average Bonchev–Trinajstić information content (AvgIpc) is 3.71. The van der Waals surface area contributed by atoms with Crippen molar-refractivity contribution >= 4 is 23.5 Å². The van der Waals surface area contributed by atoms with Crippen LogP contribution in [0, 0.1) is 17.2 Å². The van der Waals surface area contributed by atoms with Crippen LogP contribution >= 0.6 is 0 Å². The number of halogens is 1. The van der Waals surface area contributed by atoms with E-state index in [0.29, 0.717) is 39.4 Å². The number of carbonyl (C=O) groups excluding carboxylic acids is 3. The molecule has 1 atom stereocenters. The summed E-state index contributed by atoms with van der Waals surface area (Å²) in [6.45, 7) is 0.965. The predicted octanol–water partition coefficient (Wildman–Crippen LogP) is 5.84. The minimum Gasteiger partial charge on any atom is -0.463 e. The summed E-state index contributed by atoms with van der Waals surface area (Å²) in [5.74, 6) is -0.543. The number of urea groups is 1. The molecular formula is C30H26FN3O5. The lowest BCUT2D eigenvalue weighted by molar-refractivity contribution is -0.117. The number of hydrogen-bond donors (Lipinski definition) is 0. The molecule has 9 heteroatoms. The Bertz CT molecular complexity index is 1510. The number of alkyl halides is 1. The number of ketones is 1. The zero-order valence-electron chi connectivity index (χ0n) is 21.5. The van der Waals surface area contributed by atoms with Gasteiger partial charge in [0.15, 0.2) is 5.78 Å². The van der Waals surface area contributed by atoms with Gasteiger partial charge in [-0.2, -0.15) is 5.26 Å². The lowest BCUT2D eigenvalue weighted by Gasteiger charge is -2.43. The summed E-state index contributed by atoms with van der Waals surface area (Å²) < 4.78 is 24.0. The van der Waals surface area contributed by atoms with Gasteiger partial charge in [-0.1, -0.05) is 24.3 Å². The highest BCUT2D eigenvalue weighted by Gasteiger charge is 2.45. The molecule has 1 aliphatic carbocycles. The van der Waals surface area contributed by atoms with Crippen molar-refractivity contribution in [3.8, 4) is 6.07 Å². The lowest BCUT2D eigenvalue weighted by Crippen LogP contribution is -2.50. The molecule has 0 radical (unpaired) electrons. The van der Waals surface area contributed by atoms with Crippen LogP contribution in [0.25, 0.3) is 0 Å². The van der Waals surface area contributed by atoms with E-state index in [1.165, 1.54) is 23.0 Å². The van der Waals surface area contributed by atoms with Gasteiger partial charge in [-0.15, -0.1) is 0 Å². The molecule has 39 heavy (non-hydrogen) atoms. The number of ether oxygens (including phenoxy) is 1. The van der Waals surface area contributed by atoms with Gasteiger partial charge in [-0.25, -0.2) is 14.0 Å². The van der Waals surface area contributed by atoms with Crippen LogP contribution in [0.3, 0.4) is 0 Å². The lowest BCUT2D eigenvalue weighted by atomic mass is 9.88. The molecular weight excluding hydrogens is 501 g/mol. The molecule has 3 aromatic rings. The summed E-state index contributed by atoms with van der Waals surface area (Å²) in [5.41, 5.74) is 2.86. The van der Waals surface area contributed by atoms with E-state index in [1.807, 2.05) is 0 Å². The second-order valence-corrected chi connectivity index (χ2v) is 9.58. The second-order valence-electron chi connectivity index (χ2n) is 9.58. The average molecular weight is 528 g/mol. The number of methoxy groups -OCH3 is 1. The molecule has 0 spiro atoms. The van der Waals surface area contributed by atoms with Gasteiger partial charge in [-0.3, -0.25) is 9.69 Å². The van der Waals surface area contributed by atoms with Crippen LogP contribution < -0.4 is 4.90 Å². The number of Topliss-reactive ketones (excluding diaryl/α,β-unsaturated/α-hetero) is 1. The Balaban J connectivity index is 1.68. The topological polar surface area (TPSA) is 104 Å². The van der Waals surface area contributed by atoms with Gasteiger partial charge < -0.3 is 14.1 Å². The van der Waals surface area contributed by atoms with Crippen molar-refractivity contribution in [3.05, 3.63) is 100 Å². The third kappa shape index (κ3) is 4.93. The first-order chi connectivity index (χ1) is 18.9. The first-order valence-electron chi connectivity index (χ1n) is 12.5. The number of benzene rings is 2. The van der Waals surface area contributed by atoms with Crippen LogP contribution in [-0.2, 0) is 22.8 Å². The molecule has 0 bridgehead atoms. The molecule has 2 aromatic carbocycles. The summed E-state index contributed by atoms with van der Waals surface area (Å²) in [6.07, 6.45) is 1.53. The number of furan rings is 1. The van der Waals surface area contributed by atoms with E-state index in [-0.39, 0.29) is 24.0 Å². The second kappa shape index (κ2) is 10.6. The summed E-state index contributed by atoms with van der Waals surface area (Å²) in [7, 11) is 1.24. The maximum atomic E-state index is 14.2. The zero-order valence-corrected chi connectivity index (χ0v) is 21.5. The standard InChI is InChI=1S/C30H26FN3O5/c1-18-26(28(35)22-10-11-22)27(21-8-6-19(16-32)7-9-21)33(17-24-12-13-25(39-24)29(36)38-2)30(37)34(18)23-5-3-4-20(14-23)15-31/h3-9,12-14,22,27H,10-11,15,17H2,1-2H3. The number of amides is 2. The van der Waals surface area contributed by atoms with Crippen LogP contribution in [0.1, 0.15) is 58.8 Å². The normalized spacial score (nSPS) is 17.3. The number of carbonyl (C=O) groups is 3. The number of allylic oxidation sites excluding steroid dienone is 1. The highest BCUT2D eigenvalue weighted by Crippen LogP contribution is 2.45. The fourth-order valence-corrected chi connectivity index (χ4v) is 4.90. The smallest absolute Gasteiger partial charge is 0.373 e. The van der Waals surface area contributed by atoms with Crippen LogP contribution in [0.5, 0.6) is 0 Å². The maximum Gasteiger partial charge on any atom is 0.373 e. The van der Waals surface area contributed by atoms with Gasteiger partial charge in [0.2, 0.25) is 5.76 Å². The monoisotopic (exact) mass is 527 g/mol. The van der Waals surface area contributed by atoms with Crippen molar-refractivity contribution in [2.24, 2.45) is 5.92 Å². The molecule has 1 unspecified atom stereocenters. The highest BCUT2D eigenvalue weighted by atomic mass is 19.1. The number of rotatable bonds is 8. The minimum absolute atomic E-state index is 0.0135.